The van der Waals surface area contributed by atoms with Gasteiger partial charge in [-0.1, -0.05) is 53.5 Å². The quantitative estimate of drug-likeness (QED) is 0.451. The summed E-state index contributed by atoms with van der Waals surface area (Å²) in [4.78, 5) is 12.2. The number of rotatable bonds is 1. The lowest BCUT2D eigenvalue weighted by Gasteiger charge is -2.52. The normalized spacial score (nSPS) is 35.5. The summed E-state index contributed by atoms with van der Waals surface area (Å²) in [5.74, 6) is 2.40. The summed E-state index contributed by atoms with van der Waals surface area (Å²) in [7, 11) is 0. The topological polar surface area (TPSA) is 17.1 Å². The minimum Gasteiger partial charge on any atom is -0.295 e. The number of fused-ring (bicyclic) bond motifs is 4. The maximum Gasteiger partial charge on any atom is 0.156 e. The molecule has 30 heavy (non-hydrogen) atoms. The molecule has 1 heteroatoms. The van der Waals surface area contributed by atoms with Gasteiger partial charge in [-0.15, -0.1) is 0 Å². The fourth-order valence-corrected chi connectivity index (χ4v) is 7.81. The first kappa shape index (κ1) is 18.8. The Morgan fingerprint density at radius 1 is 0.933 bits per heavy atom. The number of allylic oxidation sites excluding steroid dienone is 6. The smallest absolute Gasteiger partial charge is 0.156 e. The molecule has 1 aromatic carbocycles. The molecule has 4 unspecified atom stereocenters. The molecule has 0 N–H and O–H groups in total. The summed E-state index contributed by atoms with van der Waals surface area (Å²) < 4.78 is 0. The molecule has 1 nitrogen and oxygen atoms in total. The maximum absolute atomic E-state index is 12.2. The fraction of sp³-hybridized carbons (Fsp3) is 0.552. The van der Waals surface area contributed by atoms with Crippen molar-refractivity contribution in [3.05, 3.63) is 69.3 Å². The molecule has 3 fully saturated rings. The van der Waals surface area contributed by atoms with Crippen LogP contribution in [0, 0.1) is 24.2 Å². The highest BCUT2D eigenvalue weighted by atomic mass is 16.1. The molecule has 5 aliphatic rings. The molecule has 1 aromatic rings. The summed E-state index contributed by atoms with van der Waals surface area (Å²) in [6.45, 7) is 4.82. The van der Waals surface area contributed by atoms with E-state index in [0.29, 0.717) is 29.5 Å². The molecular weight excluding hydrogens is 364 g/mol. The van der Waals surface area contributed by atoms with Crippen molar-refractivity contribution in [2.24, 2.45) is 17.3 Å². The van der Waals surface area contributed by atoms with E-state index in [4.69, 9.17) is 0 Å². The van der Waals surface area contributed by atoms with E-state index in [1.807, 2.05) is 17.2 Å². The fourth-order valence-electron chi connectivity index (χ4n) is 7.81. The van der Waals surface area contributed by atoms with Crippen molar-refractivity contribution >= 4 is 5.78 Å². The Hall–Kier alpha value is -1.89. The van der Waals surface area contributed by atoms with E-state index in [0.717, 1.165) is 18.8 Å². The van der Waals surface area contributed by atoms with E-state index >= 15 is 0 Å². The summed E-state index contributed by atoms with van der Waals surface area (Å²) >= 11 is 0. The Morgan fingerprint density at radius 3 is 2.47 bits per heavy atom. The molecule has 6 rings (SSSR count). The highest BCUT2D eigenvalue weighted by Crippen LogP contribution is 2.66. The number of hydrogen-bond acceptors (Lipinski definition) is 1. The van der Waals surface area contributed by atoms with E-state index in [-0.39, 0.29) is 0 Å². The second-order valence-corrected chi connectivity index (χ2v) is 10.9. The van der Waals surface area contributed by atoms with E-state index < -0.39 is 0 Å². The van der Waals surface area contributed by atoms with Crippen LogP contribution in [-0.4, -0.2) is 5.78 Å². The second kappa shape index (κ2) is 6.81. The molecular formula is C29H34O. The van der Waals surface area contributed by atoms with Crippen LogP contribution >= 0.6 is 0 Å². The van der Waals surface area contributed by atoms with Gasteiger partial charge in [0, 0.05) is 12.3 Å². The molecule has 5 aliphatic carbocycles. The van der Waals surface area contributed by atoms with Crippen LogP contribution in [0.3, 0.4) is 0 Å². The van der Waals surface area contributed by atoms with Gasteiger partial charge in [-0.05, 0) is 105 Å². The van der Waals surface area contributed by atoms with E-state index in [1.165, 1.54) is 61.6 Å². The molecule has 0 aromatic heterocycles. The zero-order valence-electron chi connectivity index (χ0n) is 18.6. The summed E-state index contributed by atoms with van der Waals surface area (Å²) in [5.41, 5.74) is 11.6. The van der Waals surface area contributed by atoms with Crippen molar-refractivity contribution in [1.29, 1.82) is 0 Å². The van der Waals surface area contributed by atoms with Gasteiger partial charge in [-0.3, -0.25) is 4.79 Å². The highest BCUT2D eigenvalue weighted by molar-refractivity contribution is 5.93. The van der Waals surface area contributed by atoms with Crippen molar-refractivity contribution in [2.45, 2.75) is 84.0 Å². The van der Waals surface area contributed by atoms with Crippen molar-refractivity contribution in [3.63, 3.8) is 0 Å². The molecule has 0 radical (unpaired) electrons. The van der Waals surface area contributed by atoms with Crippen molar-refractivity contribution in [2.75, 3.05) is 0 Å². The minimum atomic E-state index is 0.346. The van der Waals surface area contributed by atoms with Crippen LogP contribution in [0.5, 0.6) is 0 Å². The van der Waals surface area contributed by atoms with Crippen LogP contribution in [0.15, 0.2) is 58.2 Å². The lowest BCUT2D eigenvalue weighted by Crippen LogP contribution is -2.41. The van der Waals surface area contributed by atoms with E-state index in [1.54, 1.807) is 11.1 Å². The van der Waals surface area contributed by atoms with Gasteiger partial charge in [0.1, 0.15) is 0 Å². The molecule has 4 atom stereocenters. The highest BCUT2D eigenvalue weighted by Gasteiger charge is 2.55. The zero-order valence-corrected chi connectivity index (χ0v) is 18.6. The molecule has 0 heterocycles. The first-order valence-corrected chi connectivity index (χ1v) is 12.3. The maximum atomic E-state index is 12.2. The summed E-state index contributed by atoms with van der Waals surface area (Å²) in [5, 5.41) is 0. The zero-order chi connectivity index (χ0) is 20.5. The third kappa shape index (κ3) is 2.70. The summed E-state index contributed by atoms with van der Waals surface area (Å²) in [6.07, 6.45) is 14.2. The number of aryl methyl sites for hydroxylation is 1. The Morgan fingerprint density at radius 2 is 1.73 bits per heavy atom. The molecule has 0 bridgehead atoms. The average Bonchev–Trinajstić information content (AvgIpc) is 3.03. The van der Waals surface area contributed by atoms with Gasteiger partial charge in [-0.25, -0.2) is 0 Å². The van der Waals surface area contributed by atoms with Gasteiger partial charge in [0.25, 0.3) is 0 Å². The Kier molecular flexibility index (Phi) is 4.28. The van der Waals surface area contributed by atoms with Crippen LogP contribution in [0.2, 0.25) is 0 Å². The van der Waals surface area contributed by atoms with Crippen LogP contribution < -0.4 is 0 Å². The predicted molar refractivity (Wildman–Crippen MR) is 122 cm³/mol. The van der Waals surface area contributed by atoms with Crippen molar-refractivity contribution in [1.82, 2.24) is 0 Å². The van der Waals surface area contributed by atoms with Gasteiger partial charge in [0.05, 0.1) is 0 Å². The van der Waals surface area contributed by atoms with Gasteiger partial charge < -0.3 is 0 Å². The van der Waals surface area contributed by atoms with Crippen LogP contribution in [-0.2, 0) is 4.79 Å². The number of carbonyl (C=O) groups excluding carboxylic acids is 1. The van der Waals surface area contributed by atoms with Gasteiger partial charge in [0.15, 0.2) is 5.78 Å². The van der Waals surface area contributed by atoms with E-state index in [9.17, 15) is 4.79 Å². The van der Waals surface area contributed by atoms with Gasteiger partial charge in [0.2, 0.25) is 0 Å². The van der Waals surface area contributed by atoms with Crippen LogP contribution in [0.1, 0.15) is 88.2 Å². The standard InChI is InChI=1S/C29H34O/c1-18-6-8-19(9-7-18)25-17-29(2)26(20-4-3-5-20)14-15-27(29)24-12-10-21-16-22(30)11-13-23(21)28(24)25/h6-9,16,24-25,27H,3-5,10-15,17H2,1-2H3. The van der Waals surface area contributed by atoms with Gasteiger partial charge >= 0.3 is 0 Å². The van der Waals surface area contributed by atoms with Gasteiger partial charge in [-0.2, -0.15) is 0 Å². The first-order chi connectivity index (χ1) is 14.5. The third-order valence-corrected chi connectivity index (χ3v) is 9.38. The summed E-state index contributed by atoms with van der Waals surface area (Å²) in [6, 6.07) is 9.39. The largest absolute Gasteiger partial charge is 0.295 e. The second-order valence-electron chi connectivity index (χ2n) is 10.9. The number of hydrogen-bond donors (Lipinski definition) is 0. The monoisotopic (exact) mass is 398 g/mol. The van der Waals surface area contributed by atoms with Crippen molar-refractivity contribution in [3.8, 4) is 0 Å². The van der Waals surface area contributed by atoms with Crippen LogP contribution in [0.25, 0.3) is 0 Å². The molecule has 3 saturated carbocycles. The molecule has 0 amide bonds. The number of carbonyl (C=O) groups is 1. The Balaban J connectivity index is 1.52. The first-order valence-electron chi connectivity index (χ1n) is 12.3. The molecule has 0 aliphatic heterocycles. The SMILES string of the molecule is Cc1ccc(C2CC3(C)C(=C4CCC4)CCC3C3CCC4=CC(=O)CCC4=C23)cc1. The minimum absolute atomic E-state index is 0.346. The third-order valence-electron chi connectivity index (χ3n) is 9.38. The van der Waals surface area contributed by atoms with Crippen LogP contribution in [0.4, 0.5) is 0 Å². The predicted octanol–water partition coefficient (Wildman–Crippen LogP) is 7.38. The lowest BCUT2D eigenvalue weighted by molar-refractivity contribution is -0.114. The number of ketones is 1. The number of benzene rings is 1. The lowest BCUT2D eigenvalue weighted by atomic mass is 9.52. The Bertz CT molecular complexity index is 995. The van der Waals surface area contributed by atoms with Crippen molar-refractivity contribution < 1.29 is 4.79 Å². The molecule has 0 spiro atoms. The average molecular weight is 399 g/mol. The molecule has 0 saturated heterocycles. The van der Waals surface area contributed by atoms with E-state index in [2.05, 4.69) is 38.1 Å². The Labute approximate surface area is 181 Å². The molecule has 156 valence electrons.